The Morgan fingerprint density at radius 1 is 1.11 bits per heavy atom. The molecule has 0 radical (unpaired) electrons. The summed E-state index contributed by atoms with van der Waals surface area (Å²) in [6.07, 6.45) is 3.12. The van der Waals surface area contributed by atoms with E-state index in [0.717, 1.165) is 5.75 Å². The van der Waals surface area contributed by atoms with Gasteiger partial charge in [0.15, 0.2) is 23.2 Å². The number of hydrogen-bond donors (Lipinski definition) is 1. The molecule has 182 valence electrons. The Bertz CT molecular complexity index is 1240. The first-order valence-corrected chi connectivity index (χ1v) is 11.2. The SMILES string of the molecule is CCOc1cc(/C=C2\C(=N)N3OC(C)=CC3=NC2=O)cc(Cl)c1OCCOc1ccc(OC)cc1. The number of methoxy groups -OCH3 is 1. The lowest BCUT2D eigenvalue weighted by Crippen LogP contribution is -2.38. The van der Waals surface area contributed by atoms with Crippen LogP contribution in [0, 0.1) is 5.41 Å². The number of hydrogen-bond acceptors (Lipinski definition) is 7. The highest BCUT2D eigenvalue weighted by atomic mass is 35.5. The number of amidine groups is 2. The van der Waals surface area contributed by atoms with Gasteiger partial charge in [0.2, 0.25) is 0 Å². The number of benzene rings is 2. The zero-order chi connectivity index (χ0) is 24.9. The summed E-state index contributed by atoms with van der Waals surface area (Å²) >= 11 is 6.50. The second-order valence-corrected chi connectivity index (χ2v) is 7.87. The molecule has 2 heterocycles. The van der Waals surface area contributed by atoms with Crippen LogP contribution in [0.4, 0.5) is 0 Å². The maximum atomic E-state index is 12.5. The summed E-state index contributed by atoms with van der Waals surface area (Å²) < 4.78 is 22.4. The first-order valence-electron chi connectivity index (χ1n) is 10.9. The number of nitrogens with one attached hydrogen (secondary N) is 1. The molecular formula is C25H24ClN3O6. The van der Waals surface area contributed by atoms with Crippen molar-refractivity contribution in [2.24, 2.45) is 4.99 Å². The molecule has 1 amide bonds. The Balaban J connectivity index is 1.48. The minimum absolute atomic E-state index is 0.0666. The van der Waals surface area contributed by atoms with Gasteiger partial charge in [0.25, 0.3) is 5.91 Å². The third kappa shape index (κ3) is 5.41. The average Bonchev–Trinajstić information content (AvgIpc) is 3.21. The number of hydroxylamine groups is 2. The Morgan fingerprint density at radius 2 is 1.83 bits per heavy atom. The van der Waals surface area contributed by atoms with Crippen molar-refractivity contribution in [3.63, 3.8) is 0 Å². The van der Waals surface area contributed by atoms with E-state index in [9.17, 15) is 4.79 Å². The van der Waals surface area contributed by atoms with E-state index in [0.29, 0.717) is 40.2 Å². The van der Waals surface area contributed by atoms with Gasteiger partial charge in [0.1, 0.15) is 30.5 Å². The summed E-state index contributed by atoms with van der Waals surface area (Å²) in [5.41, 5.74) is 0.618. The second-order valence-electron chi connectivity index (χ2n) is 7.46. The molecule has 2 aliphatic heterocycles. The Morgan fingerprint density at radius 3 is 2.54 bits per heavy atom. The fourth-order valence-corrected chi connectivity index (χ4v) is 3.69. The predicted molar refractivity (Wildman–Crippen MR) is 131 cm³/mol. The summed E-state index contributed by atoms with van der Waals surface area (Å²) in [5.74, 6) is 2.37. The zero-order valence-electron chi connectivity index (χ0n) is 19.5. The fraction of sp³-hybridized carbons (Fsp3) is 0.240. The van der Waals surface area contributed by atoms with Gasteiger partial charge in [-0.3, -0.25) is 10.2 Å². The maximum Gasteiger partial charge on any atom is 0.282 e. The number of amides is 1. The van der Waals surface area contributed by atoms with E-state index < -0.39 is 5.91 Å². The highest BCUT2D eigenvalue weighted by Gasteiger charge is 2.34. The standard InChI is InChI=1S/C25H24ClN3O6/c1-4-32-21-14-16(12-19-24(27)29-22(28-25(19)30)11-15(2)35-29)13-20(26)23(21)34-10-9-33-18-7-5-17(31-3)6-8-18/h5-8,11-14,27H,4,9-10H2,1-3H3/b19-12+,27-24?. The third-order valence-corrected chi connectivity index (χ3v) is 5.26. The first kappa shape index (κ1) is 24.2. The lowest BCUT2D eigenvalue weighted by Gasteiger charge is -2.23. The van der Waals surface area contributed by atoms with Crippen molar-refractivity contribution < 1.29 is 28.6 Å². The number of nitrogens with zero attached hydrogens (tertiary/aromatic N) is 2. The van der Waals surface area contributed by atoms with E-state index in [1.54, 1.807) is 44.4 Å². The molecule has 0 unspecified atom stereocenters. The summed E-state index contributed by atoms with van der Waals surface area (Å²) in [5, 5.41) is 9.86. The first-order chi connectivity index (χ1) is 16.9. The largest absolute Gasteiger partial charge is 0.497 e. The van der Waals surface area contributed by atoms with Gasteiger partial charge in [-0.1, -0.05) is 11.6 Å². The normalized spacial score (nSPS) is 15.9. The van der Waals surface area contributed by atoms with Gasteiger partial charge in [-0.05, 0) is 61.9 Å². The van der Waals surface area contributed by atoms with Crippen LogP contribution in [0.15, 0.2) is 58.8 Å². The van der Waals surface area contributed by atoms with E-state index in [4.69, 9.17) is 40.8 Å². The molecule has 0 saturated carbocycles. The molecule has 35 heavy (non-hydrogen) atoms. The van der Waals surface area contributed by atoms with Crippen molar-refractivity contribution in [2.75, 3.05) is 26.9 Å². The van der Waals surface area contributed by atoms with Crippen molar-refractivity contribution in [3.05, 3.63) is 64.4 Å². The molecule has 0 saturated heterocycles. The maximum absolute atomic E-state index is 12.5. The minimum atomic E-state index is -0.541. The van der Waals surface area contributed by atoms with Gasteiger partial charge < -0.3 is 23.8 Å². The lowest BCUT2D eigenvalue weighted by molar-refractivity contribution is -0.114. The van der Waals surface area contributed by atoms with Crippen LogP contribution >= 0.6 is 11.6 Å². The molecule has 0 spiro atoms. The van der Waals surface area contributed by atoms with Gasteiger partial charge in [0, 0.05) is 6.08 Å². The Kier molecular flexibility index (Phi) is 7.26. The number of carbonyl (C=O) groups excluding carboxylic acids is 1. The van der Waals surface area contributed by atoms with E-state index in [1.165, 1.54) is 11.1 Å². The van der Waals surface area contributed by atoms with Crippen LogP contribution in [0.25, 0.3) is 6.08 Å². The van der Waals surface area contributed by atoms with Gasteiger partial charge in [-0.25, -0.2) is 0 Å². The molecule has 10 heteroatoms. The number of fused-ring (bicyclic) bond motifs is 1. The topological polar surface area (TPSA) is 103 Å². The number of rotatable bonds is 9. The van der Waals surface area contributed by atoms with Gasteiger partial charge in [0.05, 0.1) is 24.3 Å². The third-order valence-electron chi connectivity index (χ3n) is 4.98. The Labute approximate surface area is 207 Å². The van der Waals surface area contributed by atoms with Crippen LogP contribution < -0.4 is 18.9 Å². The van der Waals surface area contributed by atoms with E-state index >= 15 is 0 Å². The van der Waals surface area contributed by atoms with Crippen molar-refractivity contribution in [1.82, 2.24) is 5.06 Å². The molecule has 4 rings (SSSR count). The molecule has 1 N–H and O–H groups in total. The molecule has 0 aliphatic carbocycles. The molecule has 0 fully saturated rings. The van der Waals surface area contributed by atoms with Gasteiger partial charge >= 0.3 is 0 Å². The smallest absolute Gasteiger partial charge is 0.282 e. The fourth-order valence-electron chi connectivity index (χ4n) is 3.42. The highest BCUT2D eigenvalue weighted by Crippen LogP contribution is 2.38. The second kappa shape index (κ2) is 10.5. The lowest BCUT2D eigenvalue weighted by atomic mass is 10.1. The number of ether oxygens (including phenoxy) is 4. The number of allylic oxidation sites excluding steroid dienone is 1. The molecular weight excluding hydrogens is 474 g/mol. The van der Waals surface area contributed by atoms with E-state index in [-0.39, 0.29) is 30.5 Å². The quantitative estimate of drug-likeness (QED) is 0.397. The van der Waals surface area contributed by atoms with Crippen LogP contribution in [-0.2, 0) is 9.63 Å². The summed E-state index contributed by atoms with van der Waals surface area (Å²) in [4.78, 5) is 22.0. The van der Waals surface area contributed by atoms with E-state index in [2.05, 4.69) is 4.99 Å². The molecule has 0 bridgehead atoms. The summed E-state index contributed by atoms with van der Waals surface area (Å²) in [6, 6.07) is 10.6. The van der Waals surface area contributed by atoms with Crippen LogP contribution in [0.5, 0.6) is 23.0 Å². The van der Waals surface area contributed by atoms with Crippen molar-refractivity contribution in [3.8, 4) is 23.0 Å². The number of carbonyl (C=O) groups is 1. The Hall–Kier alpha value is -3.98. The van der Waals surface area contributed by atoms with Crippen molar-refractivity contribution >= 4 is 35.3 Å². The van der Waals surface area contributed by atoms with Crippen LogP contribution in [-0.4, -0.2) is 49.6 Å². The summed E-state index contributed by atoms with van der Waals surface area (Å²) in [7, 11) is 1.60. The summed E-state index contributed by atoms with van der Waals surface area (Å²) in [6.45, 7) is 4.45. The molecule has 2 aromatic carbocycles. The van der Waals surface area contributed by atoms with Crippen LogP contribution in [0.3, 0.4) is 0 Å². The van der Waals surface area contributed by atoms with Gasteiger partial charge in [-0.2, -0.15) is 4.99 Å². The number of halogens is 1. The monoisotopic (exact) mass is 497 g/mol. The minimum Gasteiger partial charge on any atom is -0.497 e. The van der Waals surface area contributed by atoms with Crippen molar-refractivity contribution in [2.45, 2.75) is 13.8 Å². The average molecular weight is 498 g/mol. The molecule has 0 atom stereocenters. The molecule has 2 aromatic rings. The van der Waals surface area contributed by atoms with E-state index in [1.807, 2.05) is 19.1 Å². The highest BCUT2D eigenvalue weighted by molar-refractivity contribution is 6.33. The van der Waals surface area contributed by atoms with Crippen molar-refractivity contribution in [1.29, 1.82) is 5.41 Å². The number of aliphatic imine (C=N–C) groups is 1. The van der Waals surface area contributed by atoms with Crippen LogP contribution in [0.1, 0.15) is 19.4 Å². The zero-order valence-corrected chi connectivity index (χ0v) is 20.2. The van der Waals surface area contributed by atoms with Crippen LogP contribution in [0.2, 0.25) is 5.02 Å². The molecule has 2 aliphatic rings. The predicted octanol–water partition coefficient (Wildman–Crippen LogP) is 4.66. The van der Waals surface area contributed by atoms with Gasteiger partial charge in [-0.15, -0.1) is 5.06 Å². The molecule has 0 aromatic heterocycles. The molecule has 9 nitrogen and oxygen atoms in total.